The minimum Gasteiger partial charge on any atom is -0.253 e. The lowest BCUT2D eigenvalue weighted by Gasteiger charge is -2.37. The van der Waals surface area contributed by atoms with Crippen molar-refractivity contribution in [2.75, 3.05) is 13.1 Å². The van der Waals surface area contributed by atoms with Gasteiger partial charge in [0.15, 0.2) is 0 Å². The van der Waals surface area contributed by atoms with Crippen molar-refractivity contribution in [3.05, 3.63) is 53.5 Å². The summed E-state index contributed by atoms with van der Waals surface area (Å²) >= 11 is 0. The molecule has 0 radical (unpaired) electrons. The van der Waals surface area contributed by atoms with Crippen molar-refractivity contribution in [3.8, 4) is 0 Å². The van der Waals surface area contributed by atoms with Crippen molar-refractivity contribution < 1.29 is 8.42 Å². The zero-order chi connectivity index (χ0) is 15.6. The summed E-state index contributed by atoms with van der Waals surface area (Å²) in [5.41, 5.74) is 2.03. The lowest BCUT2D eigenvalue weighted by Crippen LogP contribution is -2.50. The molecule has 116 valence electrons. The van der Waals surface area contributed by atoms with Gasteiger partial charge in [0.05, 0.1) is 0 Å². The lowest BCUT2D eigenvalue weighted by atomic mass is 10.0. The molecule has 0 unspecified atom stereocenters. The van der Waals surface area contributed by atoms with Gasteiger partial charge in [0.1, 0.15) is 12.7 Å². The van der Waals surface area contributed by atoms with Gasteiger partial charge in [-0.3, -0.25) is 4.68 Å². The molecule has 2 heterocycles. The zero-order valence-corrected chi connectivity index (χ0v) is 13.1. The highest BCUT2D eigenvalue weighted by Gasteiger charge is 2.34. The summed E-state index contributed by atoms with van der Waals surface area (Å²) in [4.78, 5) is 3.88. The second-order valence-electron chi connectivity index (χ2n) is 5.56. The number of hydrogen-bond acceptors (Lipinski definition) is 4. The highest BCUT2D eigenvalue weighted by atomic mass is 32.2. The van der Waals surface area contributed by atoms with E-state index in [-0.39, 0.29) is 0 Å². The molecule has 0 N–H and O–H groups in total. The fraction of sp³-hybridized carbons (Fsp3) is 0.333. The second-order valence-corrected chi connectivity index (χ2v) is 7.38. The van der Waals surface area contributed by atoms with Gasteiger partial charge >= 0.3 is 0 Å². The lowest BCUT2D eigenvalue weighted by molar-refractivity contribution is 0.176. The standard InChI is InChI=1S/C15H18N4O2S/c1-13-2-4-14(5-3-13)6-7-22(20,21)19-9-15(10-19)8-18-12-16-11-17-18/h2-7,11-12,15H,8-10H2,1H3. The first-order valence-corrected chi connectivity index (χ1v) is 8.60. The Morgan fingerprint density at radius 1 is 1.27 bits per heavy atom. The van der Waals surface area contributed by atoms with Crippen molar-refractivity contribution in [3.63, 3.8) is 0 Å². The Labute approximate surface area is 130 Å². The summed E-state index contributed by atoms with van der Waals surface area (Å²) < 4.78 is 27.6. The maximum Gasteiger partial charge on any atom is 0.236 e. The first-order chi connectivity index (χ1) is 10.5. The van der Waals surface area contributed by atoms with E-state index in [4.69, 9.17) is 0 Å². The monoisotopic (exact) mass is 318 g/mol. The van der Waals surface area contributed by atoms with Crippen molar-refractivity contribution in [1.29, 1.82) is 0 Å². The predicted molar refractivity (Wildman–Crippen MR) is 84.2 cm³/mol. The largest absolute Gasteiger partial charge is 0.253 e. The van der Waals surface area contributed by atoms with Crippen LogP contribution in [0.2, 0.25) is 0 Å². The Balaban J connectivity index is 1.57. The van der Waals surface area contributed by atoms with Gasteiger partial charge in [0.2, 0.25) is 10.0 Å². The van der Waals surface area contributed by atoms with Gasteiger partial charge in [0, 0.05) is 31.0 Å². The van der Waals surface area contributed by atoms with Gasteiger partial charge in [-0.15, -0.1) is 0 Å². The van der Waals surface area contributed by atoms with Crippen LogP contribution in [0.25, 0.3) is 6.08 Å². The molecule has 2 aromatic rings. The SMILES string of the molecule is Cc1ccc(C=CS(=O)(=O)N2CC(Cn3cncn3)C2)cc1. The maximum atomic E-state index is 12.2. The van der Waals surface area contributed by atoms with Crippen LogP contribution in [0.4, 0.5) is 0 Å². The summed E-state index contributed by atoms with van der Waals surface area (Å²) in [5.74, 6) is 0.296. The third-order valence-electron chi connectivity index (χ3n) is 3.71. The van der Waals surface area contributed by atoms with Gasteiger partial charge < -0.3 is 0 Å². The molecular weight excluding hydrogens is 300 g/mol. The van der Waals surface area contributed by atoms with E-state index in [0.29, 0.717) is 25.6 Å². The third-order valence-corrected chi connectivity index (χ3v) is 5.20. The molecule has 0 atom stereocenters. The normalized spacial score (nSPS) is 17.0. The highest BCUT2D eigenvalue weighted by Crippen LogP contribution is 2.22. The molecule has 0 amide bonds. The van der Waals surface area contributed by atoms with E-state index < -0.39 is 10.0 Å². The van der Waals surface area contributed by atoms with Crippen LogP contribution in [0, 0.1) is 12.8 Å². The average molecular weight is 318 g/mol. The molecule has 0 saturated carbocycles. The summed E-state index contributed by atoms with van der Waals surface area (Å²) in [6.45, 7) is 3.76. The number of hydrogen-bond donors (Lipinski definition) is 0. The molecule has 1 fully saturated rings. The van der Waals surface area contributed by atoms with E-state index in [1.165, 1.54) is 16.0 Å². The number of benzene rings is 1. The van der Waals surface area contributed by atoms with Gasteiger partial charge in [-0.25, -0.2) is 13.4 Å². The van der Waals surface area contributed by atoms with E-state index in [1.807, 2.05) is 31.2 Å². The smallest absolute Gasteiger partial charge is 0.236 e. The van der Waals surface area contributed by atoms with Crippen LogP contribution in [0.3, 0.4) is 0 Å². The third kappa shape index (κ3) is 3.42. The summed E-state index contributed by atoms with van der Waals surface area (Å²) in [6, 6.07) is 7.74. The Morgan fingerprint density at radius 3 is 2.64 bits per heavy atom. The molecule has 0 spiro atoms. The summed E-state index contributed by atoms with van der Waals surface area (Å²) in [7, 11) is -3.34. The summed E-state index contributed by atoms with van der Waals surface area (Å²) in [5, 5.41) is 5.31. The molecule has 0 bridgehead atoms. The van der Waals surface area contributed by atoms with Crippen LogP contribution < -0.4 is 0 Å². The first-order valence-electron chi connectivity index (χ1n) is 7.10. The molecule has 3 rings (SSSR count). The number of rotatable bonds is 5. The Hall–Kier alpha value is -1.99. The van der Waals surface area contributed by atoms with E-state index in [0.717, 1.165) is 11.1 Å². The minimum atomic E-state index is -3.34. The van der Waals surface area contributed by atoms with E-state index in [2.05, 4.69) is 10.1 Å². The fourth-order valence-corrected chi connectivity index (χ4v) is 3.70. The maximum absolute atomic E-state index is 12.2. The Bertz CT molecular complexity index is 745. The van der Waals surface area contributed by atoms with Crippen molar-refractivity contribution in [1.82, 2.24) is 19.1 Å². The highest BCUT2D eigenvalue weighted by molar-refractivity contribution is 7.92. The number of sulfonamides is 1. The molecule has 1 aliphatic rings. The van der Waals surface area contributed by atoms with Crippen LogP contribution >= 0.6 is 0 Å². The first kappa shape index (κ1) is 14.9. The molecule has 7 heteroatoms. The van der Waals surface area contributed by atoms with E-state index >= 15 is 0 Å². The quantitative estimate of drug-likeness (QED) is 0.838. The molecule has 1 aliphatic heterocycles. The topological polar surface area (TPSA) is 68.1 Å². The molecule has 0 aliphatic carbocycles. The van der Waals surface area contributed by atoms with Crippen molar-refractivity contribution in [2.45, 2.75) is 13.5 Å². The molecular formula is C15H18N4O2S. The number of aromatic nitrogens is 3. The van der Waals surface area contributed by atoms with E-state index in [9.17, 15) is 8.42 Å². The van der Waals surface area contributed by atoms with Crippen LogP contribution in [-0.4, -0.2) is 40.6 Å². The van der Waals surface area contributed by atoms with Crippen LogP contribution in [0.15, 0.2) is 42.3 Å². The minimum absolute atomic E-state index is 0.296. The molecule has 6 nitrogen and oxygen atoms in total. The van der Waals surface area contributed by atoms with Crippen LogP contribution in [0.1, 0.15) is 11.1 Å². The van der Waals surface area contributed by atoms with Gasteiger partial charge in [-0.1, -0.05) is 29.8 Å². The van der Waals surface area contributed by atoms with Crippen molar-refractivity contribution >= 4 is 16.1 Å². The van der Waals surface area contributed by atoms with Gasteiger partial charge in [-0.2, -0.15) is 9.40 Å². The van der Waals surface area contributed by atoms with Gasteiger partial charge in [0.25, 0.3) is 0 Å². The summed E-state index contributed by atoms with van der Waals surface area (Å²) in [6.07, 6.45) is 4.77. The van der Waals surface area contributed by atoms with E-state index in [1.54, 1.807) is 17.1 Å². The zero-order valence-electron chi connectivity index (χ0n) is 12.3. The number of aryl methyl sites for hydroxylation is 1. The van der Waals surface area contributed by atoms with Crippen molar-refractivity contribution in [2.24, 2.45) is 5.92 Å². The van der Waals surface area contributed by atoms with Gasteiger partial charge in [-0.05, 0) is 18.6 Å². The number of nitrogens with zero attached hydrogens (tertiary/aromatic N) is 4. The molecule has 1 saturated heterocycles. The molecule has 22 heavy (non-hydrogen) atoms. The fourth-order valence-electron chi connectivity index (χ4n) is 2.37. The predicted octanol–water partition coefficient (Wildman–Crippen LogP) is 1.52. The Morgan fingerprint density at radius 2 is 2.00 bits per heavy atom. The van der Waals surface area contributed by atoms with Crippen LogP contribution in [-0.2, 0) is 16.6 Å². The second kappa shape index (κ2) is 6.02. The molecule has 1 aromatic heterocycles. The average Bonchev–Trinajstić information content (AvgIpc) is 2.94. The molecule has 1 aromatic carbocycles. The Kier molecular flexibility index (Phi) is 4.08. The van der Waals surface area contributed by atoms with Crippen LogP contribution in [0.5, 0.6) is 0 Å².